The molecule has 1 aromatic rings. The number of hydrogen-bond acceptors (Lipinski definition) is 6. The summed E-state index contributed by atoms with van der Waals surface area (Å²) in [4.78, 5) is 29.7. The molecule has 0 saturated carbocycles. The Balaban J connectivity index is 1.99. The molecule has 1 unspecified atom stereocenters. The number of nitrogen functional groups attached to an aromatic ring is 1. The van der Waals surface area contributed by atoms with Crippen LogP contribution < -0.4 is 5.73 Å². The number of thiazole rings is 1. The van der Waals surface area contributed by atoms with E-state index < -0.39 is 0 Å². The first kappa shape index (κ1) is 14.8. The Morgan fingerprint density at radius 3 is 3.00 bits per heavy atom. The number of piperidine rings is 1. The van der Waals surface area contributed by atoms with Crippen molar-refractivity contribution in [1.29, 1.82) is 0 Å². The molecular formula is C13H19N3O3S. The Kier molecular flexibility index (Phi) is 4.94. The molecule has 1 atom stereocenters. The number of methoxy groups -OCH3 is 1. The second kappa shape index (κ2) is 6.69. The predicted octanol–water partition coefficient (Wildman–Crippen LogP) is 1.21. The average molecular weight is 297 g/mol. The topological polar surface area (TPSA) is 85.5 Å². The number of anilines is 1. The molecule has 0 aromatic carbocycles. The van der Waals surface area contributed by atoms with Crippen molar-refractivity contribution >= 4 is 28.3 Å². The van der Waals surface area contributed by atoms with Crippen LogP contribution in [0.2, 0.25) is 0 Å². The molecule has 2 heterocycles. The maximum absolute atomic E-state index is 12.4. The minimum atomic E-state index is -0.271. The van der Waals surface area contributed by atoms with Gasteiger partial charge in [0.25, 0.3) is 0 Å². The number of ether oxygens (including phenoxy) is 1. The van der Waals surface area contributed by atoms with E-state index in [9.17, 15) is 9.59 Å². The quantitative estimate of drug-likeness (QED) is 0.844. The van der Waals surface area contributed by atoms with Crippen LogP contribution in [0.15, 0.2) is 5.38 Å². The van der Waals surface area contributed by atoms with E-state index in [1.807, 2.05) is 0 Å². The molecule has 1 fully saturated rings. The Morgan fingerprint density at radius 1 is 1.55 bits per heavy atom. The van der Waals surface area contributed by atoms with Crippen LogP contribution in [0.4, 0.5) is 5.13 Å². The van der Waals surface area contributed by atoms with E-state index in [2.05, 4.69) is 4.98 Å². The Morgan fingerprint density at radius 2 is 2.35 bits per heavy atom. The molecule has 2 rings (SSSR count). The molecule has 0 bridgehead atoms. The van der Waals surface area contributed by atoms with Crippen LogP contribution in [-0.2, 0) is 20.7 Å². The predicted molar refractivity (Wildman–Crippen MR) is 76.2 cm³/mol. The van der Waals surface area contributed by atoms with Crippen molar-refractivity contribution in [2.75, 3.05) is 19.4 Å². The molecule has 1 saturated heterocycles. The number of nitrogens with zero attached hydrogens (tertiary/aromatic N) is 2. The molecule has 1 aromatic heterocycles. The van der Waals surface area contributed by atoms with Gasteiger partial charge in [-0.2, -0.15) is 0 Å². The van der Waals surface area contributed by atoms with E-state index in [-0.39, 0.29) is 30.8 Å². The second-order valence-corrected chi connectivity index (χ2v) is 5.76. The van der Waals surface area contributed by atoms with Crippen LogP contribution in [0.5, 0.6) is 0 Å². The Bertz CT molecular complexity index is 489. The molecule has 1 aliphatic rings. The van der Waals surface area contributed by atoms with Crippen LogP contribution in [0.25, 0.3) is 0 Å². The summed E-state index contributed by atoms with van der Waals surface area (Å²) in [5.74, 6) is -0.267. The van der Waals surface area contributed by atoms with Crippen LogP contribution in [0, 0.1) is 0 Å². The summed E-state index contributed by atoms with van der Waals surface area (Å²) < 4.78 is 4.70. The smallest absolute Gasteiger partial charge is 0.307 e. The van der Waals surface area contributed by atoms with Crippen molar-refractivity contribution < 1.29 is 14.3 Å². The van der Waals surface area contributed by atoms with Crippen molar-refractivity contribution in [1.82, 2.24) is 9.88 Å². The van der Waals surface area contributed by atoms with Crippen molar-refractivity contribution in [3.8, 4) is 0 Å². The molecule has 20 heavy (non-hydrogen) atoms. The highest BCUT2D eigenvalue weighted by atomic mass is 32.1. The van der Waals surface area contributed by atoms with E-state index in [1.54, 1.807) is 10.3 Å². The lowest BCUT2D eigenvalue weighted by molar-refractivity contribution is -0.144. The number of esters is 1. The van der Waals surface area contributed by atoms with Gasteiger partial charge < -0.3 is 15.4 Å². The van der Waals surface area contributed by atoms with Crippen LogP contribution in [-0.4, -0.2) is 41.5 Å². The number of nitrogens with two attached hydrogens (primary N) is 1. The number of amides is 1. The van der Waals surface area contributed by atoms with Gasteiger partial charge in [-0.3, -0.25) is 9.59 Å². The normalized spacial score (nSPS) is 18.9. The molecule has 0 spiro atoms. The van der Waals surface area contributed by atoms with Crippen molar-refractivity contribution in [2.45, 2.75) is 38.1 Å². The Labute approximate surface area is 121 Å². The molecule has 1 aliphatic heterocycles. The monoisotopic (exact) mass is 297 g/mol. The van der Waals surface area contributed by atoms with Gasteiger partial charge in [0.05, 0.1) is 25.6 Å². The van der Waals surface area contributed by atoms with Crippen LogP contribution in [0.3, 0.4) is 0 Å². The second-order valence-electron chi connectivity index (χ2n) is 4.87. The van der Waals surface area contributed by atoms with Crippen molar-refractivity contribution in [3.63, 3.8) is 0 Å². The van der Waals surface area contributed by atoms with E-state index in [1.165, 1.54) is 18.4 Å². The molecule has 2 N–H and O–H groups in total. The van der Waals surface area contributed by atoms with Gasteiger partial charge in [-0.05, 0) is 19.3 Å². The fraction of sp³-hybridized carbons (Fsp3) is 0.615. The lowest BCUT2D eigenvalue weighted by Gasteiger charge is -2.35. The molecular weight excluding hydrogens is 278 g/mol. The van der Waals surface area contributed by atoms with Crippen LogP contribution in [0.1, 0.15) is 31.4 Å². The molecule has 1 amide bonds. The van der Waals surface area contributed by atoms with Gasteiger partial charge in [-0.15, -0.1) is 11.3 Å². The number of carbonyl (C=O) groups is 2. The zero-order chi connectivity index (χ0) is 14.5. The summed E-state index contributed by atoms with van der Waals surface area (Å²) in [5.41, 5.74) is 6.26. The number of rotatable bonds is 4. The zero-order valence-corrected chi connectivity index (χ0v) is 12.3. The summed E-state index contributed by atoms with van der Waals surface area (Å²) in [7, 11) is 1.37. The lowest BCUT2D eigenvalue weighted by atomic mass is 9.98. The molecule has 6 nitrogen and oxygen atoms in total. The first-order chi connectivity index (χ1) is 9.60. The number of hydrogen-bond donors (Lipinski definition) is 1. The summed E-state index contributed by atoms with van der Waals surface area (Å²) in [6, 6.07) is -0.0558. The summed E-state index contributed by atoms with van der Waals surface area (Å²) in [6.07, 6.45) is 3.37. The lowest BCUT2D eigenvalue weighted by Crippen LogP contribution is -2.45. The zero-order valence-electron chi connectivity index (χ0n) is 11.5. The SMILES string of the molecule is COC(=O)CC1CCCCN1C(=O)Cc1csc(N)n1. The van der Waals surface area contributed by atoms with E-state index in [4.69, 9.17) is 10.5 Å². The molecule has 0 aliphatic carbocycles. The number of likely N-dealkylation sites (tertiary alicyclic amines) is 1. The summed E-state index contributed by atoms with van der Waals surface area (Å²) >= 11 is 1.33. The standard InChI is InChI=1S/C13H19N3O3S/c1-19-12(18)7-10-4-2-3-5-16(10)11(17)6-9-8-20-13(14)15-9/h8,10H,2-7H2,1H3,(H2,14,15). The average Bonchev–Trinajstić information content (AvgIpc) is 2.84. The van der Waals surface area contributed by atoms with E-state index in [0.717, 1.165) is 19.3 Å². The van der Waals surface area contributed by atoms with Gasteiger partial charge in [-0.25, -0.2) is 4.98 Å². The number of aromatic nitrogens is 1. The first-order valence-electron chi connectivity index (χ1n) is 6.66. The molecule has 7 heteroatoms. The van der Waals surface area contributed by atoms with Gasteiger partial charge in [0.2, 0.25) is 5.91 Å². The van der Waals surface area contributed by atoms with E-state index >= 15 is 0 Å². The molecule has 110 valence electrons. The van der Waals surface area contributed by atoms with Gasteiger partial charge in [-0.1, -0.05) is 0 Å². The van der Waals surface area contributed by atoms with Gasteiger partial charge in [0.15, 0.2) is 5.13 Å². The maximum atomic E-state index is 12.4. The largest absolute Gasteiger partial charge is 0.469 e. The highest BCUT2D eigenvalue weighted by molar-refractivity contribution is 7.13. The highest BCUT2D eigenvalue weighted by Gasteiger charge is 2.29. The van der Waals surface area contributed by atoms with Crippen LogP contribution >= 0.6 is 11.3 Å². The van der Waals surface area contributed by atoms with Gasteiger partial charge in [0.1, 0.15) is 0 Å². The van der Waals surface area contributed by atoms with Gasteiger partial charge >= 0.3 is 5.97 Å². The summed E-state index contributed by atoms with van der Waals surface area (Å²) in [5, 5.41) is 2.27. The van der Waals surface area contributed by atoms with Gasteiger partial charge in [0, 0.05) is 18.0 Å². The molecule has 0 radical (unpaired) electrons. The summed E-state index contributed by atoms with van der Waals surface area (Å²) in [6.45, 7) is 0.695. The third kappa shape index (κ3) is 3.69. The van der Waals surface area contributed by atoms with Crippen molar-refractivity contribution in [2.24, 2.45) is 0 Å². The van der Waals surface area contributed by atoms with E-state index in [0.29, 0.717) is 17.4 Å². The third-order valence-corrected chi connectivity index (χ3v) is 4.20. The Hall–Kier alpha value is -1.63. The maximum Gasteiger partial charge on any atom is 0.307 e. The number of carbonyl (C=O) groups excluding carboxylic acids is 2. The fourth-order valence-corrected chi connectivity index (χ4v) is 3.04. The van der Waals surface area contributed by atoms with Crippen molar-refractivity contribution in [3.05, 3.63) is 11.1 Å². The first-order valence-corrected chi connectivity index (χ1v) is 7.54. The minimum Gasteiger partial charge on any atom is -0.469 e. The fourth-order valence-electron chi connectivity index (χ4n) is 2.48. The third-order valence-electron chi connectivity index (χ3n) is 3.48. The highest BCUT2D eigenvalue weighted by Crippen LogP contribution is 2.22. The minimum absolute atomic E-state index is 0.00361.